The summed E-state index contributed by atoms with van der Waals surface area (Å²) in [7, 11) is -1.37. The van der Waals surface area contributed by atoms with Gasteiger partial charge in [-0.3, -0.25) is 0 Å². The number of hydrogen-bond donors (Lipinski definition) is 0. The number of hydrogen-bond acceptors (Lipinski definition) is 2. The van der Waals surface area contributed by atoms with E-state index in [2.05, 4.69) is 10.7 Å². The third kappa shape index (κ3) is 3.36. The van der Waals surface area contributed by atoms with Gasteiger partial charge in [0.05, 0.1) is 5.57 Å². The molecule has 13 heteroatoms. The number of halogens is 10. The topological polar surface area (TPSA) is 34.1 Å². The normalized spacial score (nSPS) is 24.8. The van der Waals surface area contributed by atoms with Crippen LogP contribution in [0, 0.1) is 0 Å². The second-order valence-corrected chi connectivity index (χ2v) is 7.09. The molecule has 0 aromatic heterocycles. The molecule has 0 aromatic carbocycles. The van der Waals surface area contributed by atoms with Crippen LogP contribution in [0.3, 0.4) is 0 Å². The Morgan fingerprint density at radius 3 is 1.68 bits per heavy atom. The van der Waals surface area contributed by atoms with E-state index in [1.165, 1.54) is 0 Å². The number of rotatable bonds is 1. The molecule has 0 amide bonds. The molecule has 0 saturated heterocycles. The summed E-state index contributed by atoms with van der Waals surface area (Å²) in [5.74, 6) is 0. The van der Waals surface area contributed by atoms with Crippen molar-refractivity contribution in [1.82, 2.24) is 0 Å². The molecule has 2 nitrogen and oxygen atoms in total. The van der Waals surface area contributed by atoms with Crippen LogP contribution in [-0.4, -0.2) is 31.7 Å². The molecule has 0 aromatic rings. The Hall–Kier alpha value is -0.910. The van der Waals surface area contributed by atoms with Crippen molar-refractivity contribution in [2.75, 3.05) is 0 Å². The van der Waals surface area contributed by atoms with Crippen molar-refractivity contribution in [3.8, 4) is 0 Å². The Kier molecular flexibility index (Phi) is 4.39. The van der Waals surface area contributed by atoms with Crippen molar-refractivity contribution < 1.29 is 47.9 Å². The van der Waals surface area contributed by atoms with E-state index in [9.17, 15) is 47.9 Å². The van der Waals surface area contributed by atoms with Gasteiger partial charge in [-0.15, -0.1) is 0 Å². The minimum Gasteiger partial charge on any atom is -0.211 e. The smallest absolute Gasteiger partial charge is 0.211 e. The third-order valence-electron chi connectivity index (χ3n) is 2.78. The Morgan fingerprint density at radius 1 is 0.955 bits per heavy atom. The predicted octanol–water partition coefficient (Wildman–Crippen LogP) is 4.24. The van der Waals surface area contributed by atoms with Crippen LogP contribution in [0.5, 0.6) is 0 Å². The fourth-order valence-corrected chi connectivity index (χ4v) is 3.12. The molecule has 1 rings (SSSR count). The van der Waals surface area contributed by atoms with Gasteiger partial charge >= 0.3 is 18.5 Å². The van der Waals surface area contributed by atoms with E-state index in [1.54, 1.807) is 0 Å². The van der Waals surface area contributed by atoms with Crippen LogP contribution >= 0.6 is 10.7 Å². The van der Waals surface area contributed by atoms with Crippen LogP contribution in [0.1, 0.15) is 6.42 Å². The minimum atomic E-state index is -5.99. The fourth-order valence-electron chi connectivity index (χ4n) is 1.69. The Bertz CT molecular complexity index is 623. The van der Waals surface area contributed by atoms with Crippen molar-refractivity contribution in [3.05, 3.63) is 23.3 Å². The number of allylic oxidation sites excluding steroid dienone is 3. The van der Waals surface area contributed by atoms with Gasteiger partial charge in [0.25, 0.3) is 9.05 Å². The monoisotopic (exact) mass is 382 g/mol. The molecule has 0 saturated carbocycles. The molecule has 1 aliphatic carbocycles. The van der Waals surface area contributed by atoms with Gasteiger partial charge in [-0.25, -0.2) is 8.42 Å². The summed E-state index contributed by atoms with van der Waals surface area (Å²) in [5.41, 5.74) is -4.70. The first kappa shape index (κ1) is 19.1. The van der Waals surface area contributed by atoms with Crippen molar-refractivity contribution >= 4 is 19.7 Å². The zero-order valence-corrected chi connectivity index (χ0v) is 11.4. The highest BCUT2D eigenvalue weighted by Gasteiger charge is 2.66. The minimum absolute atomic E-state index is 0.577. The summed E-state index contributed by atoms with van der Waals surface area (Å²) in [4.78, 5) is 0. The van der Waals surface area contributed by atoms with Crippen LogP contribution in [-0.2, 0) is 9.05 Å². The SMILES string of the molecule is O=S(=O)(Cl)C1(C(F)(F)F)C=C(C(F)(F)F)C=C(C(F)(F)F)C1. The van der Waals surface area contributed by atoms with Gasteiger partial charge in [0.2, 0.25) is 4.75 Å². The molecule has 0 spiro atoms. The molecule has 0 aliphatic heterocycles. The highest BCUT2D eigenvalue weighted by atomic mass is 35.7. The molecule has 1 unspecified atom stereocenters. The van der Waals surface area contributed by atoms with E-state index < -0.39 is 62.0 Å². The van der Waals surface area contributed by atoms with Crippen LogP contribution in [0.4, 0.5) is 39.5 Å². The van der Waals surface area contributed by atoms with Crippen LogP contribution < -0.4 is 0 Å². The van der Waals surface area contributed by atoms with Crippen LogP contribution in [0.2, 0.25) is 0 Å². The van der Waals surface area contributed by atoms with E-state index in [1.807, 2.05) is 0 Å². The van der Waals surface area contributed by atoms with Crippen LogP contribution in [0.15, 0.2) is 23.3 Å². The first-order valence-corrected chi connectivity index (χ1v) is 7.31. The third-order valence-corrected chi connectivity index (χ3v) is 4.97. The molecule has 1 aliphatic rings. The summed E-state index contributed by atoms with van der Waals surface area (Å²) < 4.78 is 132. The number of alkyl halides is 9. The molecule has 0 N–H and O–H groups in total. The Labute approximate surface area is 121 Å². The van der Waals surface area contributed by atoms with Gasteiger partial charge in [0, 0.05) is 22.7 Å². The van der Waals surface area contributed by atoms with E-state index in [0.29, 0.717) is 0 Å². The van der Waals surface area contributed by atoms with Crippen LogP contribution in [0.25, 0.3) is 0 Å². The van der Waals surface area contributed by atoms with Crippen molar-refractivity contribution in [2.24, 2.45) is 0 Å². The zero-order valence-electron chi connectivity index (χ0n) is 9.87. The average Bonchev–Trinajstić information content (AvgIpc) is 2.22. The molecule has 0 radical (unpaired) electrons. The quantitative estimate of drug-likeness (QED) is 0.502. The lowest BCUT2D eigenvalue weighted by Gasteiger charge is -2.34. The molecule has 22 heavy (non-hydrogen) atoms. The average molecular weight is 383 g/mol. The first-order valence-electron chi connectivity index (χ1n) is 5.00. The van der Waals surface area contributed by atoms with E-state index in [4.69, 9.17) is 0 Å². The summed E-state index contributed by atoms with van der Waals surface area (Å²) in [6.45, 7) is 0. The van der Waals surface area contributed by atoms with E-state index in [0.717, 1.165) is 0 Å². The predicted molar refractivity (Wildman–Crippen MR) is 56.5 cm³/mol. The lowest BCUT2D eigenvalue weighted by molar-refractivity contribution is -0.156. The van der Waals surface area contributed by atoms with E-state index in [-0.39, 0.29) is 0 Å². The molecular weight excluding hydrogens is 379 g/mol. The standard InChI is InChI=1S/C9H4ClF9O2S/c10-22(20,21)6(9(17,18)19)2-4(7(11,12)13)1-5(3-6)8(14,15)16/h1-2H,3H2. The van der Waals surface area contributed by atoms with E-state index >= 15 is 0 Å². The largest absolute Gasteiger partial charge is 0.416 e. The van der Waals surface area contributed by atoms with Crippen molar-refractivity contribution in [2.45, 2.75) is 29.7 Å². The highest BCUT2D eigenvalue weighted by Crippen LogP contribution is 2.51. The van der Waals surface area contributed by atoms with Gasteiger partial charge < -0.3 is 0 Å². The molecule has 0 heterocycles. The maximum Gasteiger partial charge on any atom is 0.416 e. The van der Waals surface area contributed by atoms with Gasteiger partial charge in [0.1, 0.15) is 0 Å². The molecule has 0 bridgehead atoms. The second-order valence-electron chi connectivity index (χ2n) is 4.27. The molecular formula is C9H4ClF9O2S. The molecule has 1 atom stereocenters. The maximum atomic E-state index is 12.9. The second kappa shape index (κ2) is 5.05. The van der Waals surface area contributed by atoms with Crippen molar-refractivity contribution in [1.29, 1.82) is 0 Å². The fraction of sp³-hybridized carbons (Fsp3) is 0.556. The summed E-state index contributed by atoms with van der Waals surface area (Å²) in [6, 6.07) is 0. The summed E-state index contributed by atoms with van der Waals surface area (Å²) >= 11 is 0. The summed E-state index contributed by atoms with van der Waals surface area (Å²) in [5, 5.41) is 0. The first-order chi connectivity index (χ1) is 9.42. The molecule has 128 valence electrons. The lowest BCUT2D eigenvalue weighted by Crippen LogP contribution is -2.51. The highest BCUT2D eigenvalue weighted by molar-refractivity contribution is 8.15. The van der Waals surface area contributed by atoms with Gasteiger partial charge in [-0.1, -0.05) is 0 Å². The maximum absolute atomic E-state index is 12.9. The Balaban J connectivity index is 3.77. The summed E-state index contributed by atoms with van der Waals surface area (Å²) in [6.07, 6.45) is -20.9. The zero-order chi connectivity index (χ0) is 17.8. The Morgan fingerprint density at radius 2 is 1.41 bits per heavy atom. The van der Waals surface area contributed by atoms with Gasteiger partial charge in [0.15, 0.2) is 0 Å². The van der Waals surface area contributed by atoms with Crippen molar-refractivity contribution in [3.63, 3.8) is 0 Å². The lowest BCUT2D eigenvalue weighted by atomic mass is 9.88. The van der Waals surface area contributed by atoms with Gasteiger partial charge in [-0.2, -0.15) is 39.5 Å². The molecule has 0 fully saturated rings. The van der Waals surface area contributed by atoms with Gasteiger partial charge in [-0.05, 0) is 12.2 Å².